The number of rotatable bonds is 5. The van der Waals surface area contributed by atoms with E-state index in [1.807, 2.05) is 43.5 Å². The second-order valence-corrected chi connectivity index (χ2v) is 5.99. The summed E-state index contributed by atoms with van der Waals surface area (Å²) >= 11 is 0. The molecule has 0 atom stereocenters. The molecule has 0 radical (unpaired) electrons. The zero-order valence-corrected chi connectivity index (χ0v) is 14.7. The topological polar surface area (TPSA) is 26.5 Å². The van der Waals surface area contributed by atoms with Crippen LogP contribution in [0.25, 0.3) is 16.5 Å². The summed E-state index contributed by atoms with van der Waals surface area (Å²) < 4.78 is 7.79. The summed E-state index contributed by atoms with van der Waals surface area (Å²) in [6, 6.07) is 26.8. The lowest BCUT2D eigenvalue weighted by molar-refractivity contribution is 0.341. The van der Waals surface area contributed by atoms with Gasteiger partial charge in [0.25, 0.3) is 0 Å². The van der Waals surface area contributed by atoms with E-state index in [4.69, 9.17) is 4.74 Å². The molecule has 3 heteroatoms. The van der Waals surface area contributed by atoms with Gasteiger partial charge in [-0.15, -0.1) is 0 Å². The maximum Gasteiger partial charge on any atom is 0.144 e. The molecule has 0 spiro atoms. The molecular formula is C23H20N2O. The van der Waals surface area contributed by atoms with E-state index in [2.05, 4.69) is 64.3 Å². The van der Waals surface area contributed by atoms with E-state index in [0.717, 1.165) is 22.8 Å². The van der Waals surface area contributed by atoms with Gasteiger partial charge in [-0.3, -0.25) is 4.99 Å². The van der Waals surface area contributed by atoms with Crippen LogP contribution in [0.3, 0.4) is 0 Å². The quantitative estimate of drug-likeness (QED) is 0.423. The molecule has 0 amide bonds. The first-order valence-electron chi connectivity index (χ1n) is 8.77. The zero-order chi connectivity index (χ0) is 17.8. The SMILES string of the molecule is CCOc1ccccc1N=Cc1cccn1-c1ccc2ccccc2c1. The fraction of sp³-hybridized carbons (Fsp3) is 0.0870. The van der Waals surface area contributed by atoms with Crippen molar-refractivity contribution in [1.29, 1.82) is 0 Å². The summed E-state index contributed by atoms with van der Waals surface area (Å²) in [6.45, 7) is 2.60. The van der Waals surface area contributed by atoms with Gasteiger partial charge in [-0.25, -0.2) is 0 Å². The highest BCUT2D eigenvalue weighted by atomic mass is 16.5. The van der Waals surface area contributed by atoms with Gasteiger partial charge in [0.2, 0.25) is 0 Å². The van der Waals surface area contributed by atoms with E-state index < -0.39 is 0 Å². The zero-order valence-electron chi connectivity index (χ0n) is 14.7. The van der Waals surface area contributed by atoms with Crippen molar-refractivity contribution in [1.82, 2.24) is 4.57 Å². The van der Waals surface area contributed by atoms with Crippen molar-refractivity contribution in [3.05, 3.63) is 90.8 Å². The Morgan fingerprint density at radius 3 is 2.58 bits per heavy atom. The highest BCUT2D eigenvalue weighted by molar-refractivity contribution is 5.86. The number of nitrogens with zero attached hydrogens (tertiary/aromatic N) is 2. The van der Waals surface area contributed by atoms with Crippen molar-refractivity contribution < 1.29 is 4.74 Å². The molecule has 0 fully saturated rings. The van der Waals surface area contributed by atoms with Crippen LogP contribution in [0.2, 0.25) is 0 Å². The predicted molar refractivity (Wildman–Crippen MR) is 108 cm³/mol. The minimum absolute atomic E-state index is 0.625. The Labute approximate surface area is 153 Å². The average Bonchev–Trinajstić information content (AvgIpc) is 3.16. The lowest BCUT2D eigenvalue weighted by atomic mass is 10.1. The third-order valence-electron chi connectivity index (χ3n) is 4.29. The standard InChI is InChI=1S/C23H20N2O/c1-2-26-23-12-6-5-11-22(23)24-17-21-10-7-15-25(21)20-14-13-18-8-3-4-9-19(18)16-20/h3-17H,2H2,1H3. The van der Waals surface area contributed by atoms with E-state index in [9.17, 15) is 0 Å². The molecule has 4 rings (SSSR count). The van der Waals surface area contributed by atoms with Gasteiger partial charge in [-0.05, 0) is 54.1 Å². The van der Waals surface area contributed by atoms with Gasteiger partial charge in [-0.2, -0.15) is 0 Å². The second kappa shape index (κ2) is 7.28. The lowest BCUT2D eigenvalue weighted by Crippen LogP contribution is -1.98. The van der Waals surface area contributed by atoms with Crippen molar-refractivity contribution in [2.75, 3.05) is 6.61 Å². The van der Waals surface area contributed by atoms with Gasteiger partial charge in [0.15, 0.2) is 0 Å². The first-order chi connectivity index (χ1) is 12.8. The molecule has 0 bridgehead atoms. The molecule has 1 aromatic heterocycles. The lowest BCUT2D eigenvalue weighted by Gasteiger charge is -2.09. The first-order valence-corrected chi connectivity index (χ1v) is 8.77. The van der Waals surface area contributed by atoms with E-state index >= 15 is 0 Å². The molecule has 1 heterocycles. The minimum Gasteiger partial charge on any atom is -0.492 e. The average molecular weight is 340 g/mol. The Balaban J connectivity index is 1.68. The molecule has 0 aliphatic heterocycles. The van der Waals surface area contributed by atoms with Crippen molar-refractivity contribution >= 4 is 22.7 Å². The Hall–Kier alpha value is -3.33. The Morgan fingerprint density at radius 2 is 1.69 bits per heavy atom. The van der Waals surface area contributed by atoms with Crippen LogP contribution in [0, 0.1) is 0 Å². The first kappa shape index (κ1) is 16.2. The number of fused-ring (bicyclic) bond motifs is 1. The van der Waals surface area contributed by atoms with Crippen LogP contribution in [0.4, 0.5) is 5.69 Å². The molecule has 4 aromatic rings. The summed E-state index contributed by atoms with van der Waals surface area (Å²) in [6.07, 6.45) is 3.94. The van der Waals surface area contributed by atoms with Crippen LogP contribution in [0.5, 0.6) is 5.75 Å². The molecule has 128 valence electrons. The maximum absolute atomic E-state index is 5.65. The van der Waals surface area contributed by atoms with Gasteiger partial charge >= 0.3 is 0 Å². The highest BCUT2D eigenvalue weighted by Gasteiger charge is 2.04. The van der Waals surface area contributed by atoms with E-state index in [-0.39, 0.29) is 0 Å². The monoisotopic (exact) mass is 340 g/mol. The van der Waals surface area contributed by atoms with E-state index in [1.165, 1.54) is 10.8 Å². The normalized spacial score (nSPS) is 11.3. The molecule has 0 aliphatic carbocycles. The molecule has 0 saturated carbocycles. The number of ether oxygens (including phenoxy) is 1. The second-order valence-electron chi connectivity index (χ2n) is 5.99. The van der Waals surface area contributed by atoms with Crippen LogP contribution in [0.15, 0.2) is 90.1 Å². The van der Waals surface area contributed by atoms with Gasteiger partial charge in [-0.1, -0.05) is 42.5 Å². The van der Waals surface area contributed by atoms with Gasteiger partial charge in [0, 0.05) is 11.9 Å². The number of benzene rings is 3. The molecule has 0 saturated heterocycles. The number of hydrogen-bond acceptors (Lipinski definition) is 2. The largest absolute Gasteiger partial charge is 0.492 e. The van der Waals surface area contributed by atoms with Gasteiger partial charge in [0.1, 0.15) is 11.4 Å². The fourth-order valence-corrected chi connectivity index (χ4v) is 3.04. The van der Waals surface area contributed by atoms with Gasteiger partial charge < -0.3 is 9.30 Å². The molecule has 26 heavy (non-hydrogen) atoms. The molecule has 3 aromatic carbocycles. The maximum atomic E-state index is 5.65. The number of para-hydroxylation sites is 2. The van der Waals surface area contributed by atoms with E-state index in [0.29, 0.717) is 6.61 Å². The molecular weight excluding hydrogens is 320 g/mol. The summed E-state index contributed by atoms with van der Waals surface area (Å²) in [5.74, 6) is 0.801. The highest BCUT2D eigenvalue weighted by Crippen LogP contribution is 2.27. The Bertz CT molecular complexity index is 1060. The molecule has 0 aliphatic rings. The number of aromatic nitrogens is 1. The third kappa shape index (κ3) is 3.24. The molecule has 3 nitrogen and oxygen atoms in total. The van der Waals surface area contributed by atoms with Crippen molar-refractivity contribution in [2.45, 2.75) is 6.92 Å². The molecule has 0 unspecified atom stereocenters. The van der Waals surface area contributed by atoms with Gasteiger partial charge in [0.05, 0.1) is 18.5 Å². The van der Waals surface area contributed by atoms with Crippen LogP contribution in [0.1, 0.15) is 12.6 Å². The minimum atomic E-state index is 0.625. The predicted octanol–water partition coefficient (Wildman–Crippen LogP) is 5.78. The van der Waals surface area contributed by atoms with E-state index in [1.54, 1.807) is 0 Å². The Kier molecular flexibility index (Phi) is 4.52. The van der Waals surface area contributed by atoms with Crippen LogP contribution in [-0.4, -0.2) is 17.4 Å². The number of hydrogen-bond donors (Lipinski definition) is 0. The summed E-state index contributed by atoms with van der Waals surface area (Å²) in [7, 11) is 0. The fourth-order valence-electron chi connectivity index (χ4n) is 3.04. The van der Waals surface area contributed by atoms with Crippen LogP contribution in [-0.2, 0) is 0 Å². The van der Waals surface area contributed by atoms with Crippen molar-refractivity contribution in [3.8, 4) is 11.4 Å². The Morgan fingerprint density at radius 1 is 0.885 bits per heavy atom. The summed E-state index contributed by atoms with van der Waals surface area (Å²) in [5.41, 5.74) is 2.97. The smallest absolute Gasteiger partial charge is 0.144 e. The van der Waals surface area contributed by atoms with Crippen LogP contribution < -0.4 is 4.74 Å². The molecule has 0 N–H and O–H groups in total. The van der Waals surface area contributed by atoms with Crippen molar-refractivity contribution in [2.24, 2.45) is 4.99 Å². The summed E-state index contributed by atoms with van der Waals surface area (Å²) in [5, 5.41) is 2.47. The summed E-state index contributed by atoms with van der Waals surface area (Å²) in [4.78, 5) is 4.64. The van der Waals surface area contributed by atoms with Crippen molar-refractivity contribution in [3.63, 3.8) is 0 Å². The number of aliphatic imine (C=N–C) groups is 1. The van der Waals surface area contributed by atoms with Crippen LogP contribution >= 0.6 is 0 Å². The third-order valence-corrected chi connectivity index (χ3v) is 4.29.